The lowest BCUT2D eigenvalue weighted by molar-refractivity contribution is -0.126. The molecule has 0 unspecified atom stereocenters. The van der Waals surface area contributed by atoms with Crippen LogP contribution in [0.5, 0.6) is 0 Å². The lowest BCUT2D eigenvalue weighted by Gasteiger charge is -2.31. The number of hydrogen-bond acceptors (Lipinski definition) is 4. The maximum Gasteiger partial charge on any atom is 0.243 e. The van der Waals surface area contributed by atoms with Crippen LogP contribution >= 0.6 is 12.4 Å². The molecule has 1 amide bonds. The monoisotopic (exact) mass is 403 g/mol. The smallest absolute Gasteiger partial charge is 0.243 e. The largest absolute Gasteiger partial charge is 0.355 e. The molecule has 0 saturated carbocycles. The predicted molar refractivity (Wildman–Crippen MR) is 106 cm³/mol. The molecule has 26 heavy (non-hydrogen) atoms. The molecule has 148 valence electrons. The quantitative estimate of drug-likeness (QED) is 0.709. The van der Waals surface area contributed by atoms with Gasteiger partial charge < -0.3 is 10.6 Å². The number of carbonyl (C=O) groups is 1. The summed E-state index contributed by atoms with van der Waals surface area (Å²) in [6.45, 7) is 7.75. The Morgan fingerprint density at radius 3 is 2.15 bits per heavy atom. The number of nitrogens with one attached hydrogen (secondary N) is 2. The Morgan fingerprint density at radius 1 is 1.12 bits per heavy atom. The zero-order chi connectivity index (χ0) is 18.6. The fraction of sp³-hybridized carbons (Fsp3) is 0.611. The molecule has 1 aromatic rings. The van der Waals surface area contributed by atoms with Crippen molar-refractivity contribution in [3.8, 4) is 0 Å². The third kappa shape index (κ3) is 5.19. The summed E-state index contributed by atoms with van der Waals surface area (Å²) in [6.07, 6.45) is 1.13. The van der Waals surface area contributed by atoms with E-state index < -0.39 is 10.0 Å². The minimum atomic E-state index is -3.52. The van der Waals surface area contributed by atoms with E-state index in [9.17, 15) is 13.2 Å². The van der Waals surface area contributed by atoms with Crippen molar-refractivity contribution in [2.24, 2.45) is 5.92 Å². The maximum absolute atomic E-state index is 13.0. The number of piperidine rings is 1. The highest BCUT2D eigenvalue weighted by atomic mass is 35.5. The molecule has 1 aliphatic rings. The van der Waals surface area contributed by atoms with Crippen molar-refractivity contribution in [3.63, 3.8) is 0 Å². The molecule has 2 rings (SSSR count). The highest BCUT2D eigenvalue weighted by Gasteiger charge is 2.33. The number of halogens is 1. The summed E-state index contributed by atoms with van der Waals surface area (Å²) in [4.78, 5) is 12.6. The van der Waals surface area contributed by atoms with Crippen molar-refractivity contribution in [3.05, 3.63) is 28.8 Å². The summed E-state index contributed by atoms with van der Waals surface area (Å²) in [6, 6.07) is 3.81. The summed E-state index contributed by atoms with van der Waals surface area (Å²) in [5.74, 6) is -0.0847. The molecule has 1 aliphatic heterocycles. The van der Waals surface area contributed by atoms with Crippen LogP contribution in [0.15, 0.2) is 17.0 Å². The Morgan fingerprint density at radius 2 is 1.65 bits per heavy atom. The lowest BCUT2D eigenvalue weighted by Crippen LogP contribution is -2.44. The zero-order valence-corrected chi connectivity index (χ0v) is 17.6. The van der Waals surface area contributed by atoms with E-state index in [-0.39, 0.29) is 24.2 Å². The van der Waals surface area contributed by atoms with Gasteiger partial charge in [0.05, 0.1) is 4.90 Å². The number of carbonyl (C=O) groups excluding carboxylic acids is 1. The second-order valence-electron chi connectivity index (χ2n) is 6.80. The van der Waals surface area contributed by atoms with Crippen LogP contribution in [-0.2, 0) is 14.8 Å². The molecule has 6 nitrogen and oxygen atoms in total. The van der Waals surface area contributed by atoms with Crippen molar-refractivity contribution in [1.29, 1.82) is 0 Å². The number of amides is 1. The van der Waals surface area contributed by atoms with Crippen LogP contribution in [0.4, 0.5) is 0 Å². The topological polar surface area (TPSA) is 78.5 Å². The van der Waals surface area contributed by atoms with E-state index in [2.05, 4.69) is 10.6 Å². The summed E-state index contributed by atoms with van der Waals surface area (Å²) in [5.41, 5.74) is 2.62. The van der Waals surface area contributed by atoms with E-state index in [0.29, 0.717) is 37.4 Å². The van der Waals surface area contributed by atoms with Gasteiger partial charge in [-0.25, -0.2) is 8.42 Å². The Labute approximate surface area is 163 Å². The van der Waals surface area contributed by atoms with Gasteiger partial charge in [-0.05, 0) is 51.8 Å². The Balaban J connectivity index is 0.00000338. The second-order valence-corrected chi connectivity index (χ2v) is 8.68. The van der Waals surface area contributed by atoms with E-state index >= 15 is 0 Å². The van der Waals surface area contributed by atoms with Gasteiger partial charge in [0.2, 0.25) is 15.9 Å². The molecule has 0 radical (unpaired) electrons. The molecule has 0 spiro atoms. The number of hydrogen-bond donors (Lipinski definition) is 2. The Hall–Kier alpha value is -1.15. The van der Waals surface area contributed by atoms with Crippen LogP contribution in [-0.4, -0.2) is 51.9 Å². The van der Waals surface area contributed by atoms with E-state index in [4.69, 9.17) is 0 Å². The van der Waals surface area contributed by atoms with Gasteiger partial charge in [0, 0.05) is 32.1 Å². The van der Waals surface area contributed by atoms with Gasteiger partial charge in [0.1, 0.15) is 0 Å². The average molecular weight is 404 g/mol. The summed E-state index contributed by atoms with van der Waals surface area (Å²) in [7, 11) is -1.68. The molecule has 0 atom stereocenters. The Kier molecular flexibility index (Phi) is 8.53. The van der Waals surface area contributed by atoms with Gasteiger partial charge in [-0.3, -0.25) is 4.79 Å². The normalized spacial score (nSPS) is 16.2. The lowest BCUT2D eigenvalue weighted by atomic mass is 9.97. The first-order valence-electron chi connectivity index (χ1n) is 8.77. The molecule has 0 aliphatic carbocycles. The second kappa shape index (κ2) is 9.69. The van der Waals surface area contributed by atoms with Crippen LogP contribution in [0.25, 0.3) is 0 Å². The predicted octanol–water partition coefficient (Wildman–Crippen LogP) is 1.77. The SMILES string of the molecule is CNCCNC(=O)C1CCN(S(=O)(=O)c2c(C)cc(C)cc2C)CC1.Cl. The van der Waals surface area contributed by atoms with Crippen LogP contribution in [0.3, 0.4) is 0 Å². The number of likely N-dealkylation sites (N-methyl/N-ethyl adjacent to an activating group) is 1. The molecule has 1 aromatic carbocycles. The van der Waals surface area contributed by atoms with E-state index in [1.165, 1.54) is 4.31 Å². The van der Waals surface area contributed by atoms with Crippen molar-refractivity contribution in [2.45, 2.75) is 38.5 Å². The first-order valence-corrected chi connectivity index (χ1v) is 10.2. The van der Waals surface area contributed by atoms with E-state index in [0.717, 1.165) is 23.2 Å². The first kappa shape index (κ1) is 22.9. The minimum Gasteiger partial charge on any atom is -0.355 e. The van der Waals surface area contributed by atoms with Crippen LogP contribution in [0, 0.1) is 26.7 Å². The number of nitrogens with zero attached hydrogens (tertiary/aromatic N) is 1. The average Bonchev–Trinajstić information content (AvgIpc) is 2.54. The molecule has 1 heterocycles. The number of rotatable bonds is 6. The molecule has 0 bridgehead atoms. The standard InChI is InChI=1S/C18H29N3O3S.ClH/c1-13-11-14(2)17(15(3)12-13)25(23,24)21-9-5-16(6-10-21)18(22)20-8-7-19-4;/h11-12,16,19H,5-10H2,1-4H3,(H,20,22);1H. The summed E-state index contributed by atoms with van der Waals surface area (Å²) in [5, 5.41) is 5.88. The van der Waals surface area contributed by atoms with Gasteiger partial charge in [-0.2, -0.15) is 4.31 Å². The van der Waals surface area contributed by atoms with Gasteiger partial charge >= 0.3 is 0 Å². The molecule has 1 fully saturated rings. The van der Waals surface area contributed by atoms with Crippen LogP contribution < -0.4 is 10.6 Å². The molecule has 0 aromatic heterocycles. The molecular formula is C18H30ClN3O3S. The third-order valence-corrected chi connectivity index (χ3v) is 6.91. The fourth-order valence-electron chi connectivity index (χ4n) is 3.52. The van der Waals surface area contributed by atoms with Crippen LogP contribution in [0.1, 0.15) is 29.5 Å². The number of aryl methyl sites for hydroxylation is 3. The summed E-state index contributed by atoms with van der Waals surface area (Å²) >= 11 is 0. The molecular weight excluding hydrogens is 374 g/mol. The molecule has 8 heteroatoms. The van der Waals surface area contributed by atoms with E-state index in [1.54, 1.807) is 0 Å². The Bertz CT molecular complexity index is 706. The van der Waals surface area contributed by atoms with Gasteiger partial charge in [-0.15, -0.1) is 12.4 Å². The highest BCUT2D eigenvalue weighted by molar-refractivity contribution is 7.89. The molecule has 2 N–H and O–H groups in total. The first-order chi connectivity index (χ1) is 11.8. The number of benzene rings is 1. The third-order valence-electron chi connectivity index (χ3n) is 4.70. The van der Waals surface area contributed by atoms with E-state index in [1.807, 2.05) is 40.0 Å². The van der Waals surface area contributed by atoms with Crippen molar-refractivity contribution >= 4 is 28.3 Å². The summed E-state index contributed by atoms with van der Waals surface area (Å²) < 4.78 is 27.6. The van der Waals surface area contributed by atoms with Crippen molar-refractivity contribution in [2.75, 3.05) is 33.2 Å². The molecule has 1 saturated heterocycles. The van der Waals surface area contributed by atoms with Crippen molar-refractivity contribution in [1.82, 2.24) is 14.9 Å². The van der Waals surface area contributed by atoms with Crippen LogP contribution in [0.2, 0.25) is 0 Å². The van der Waals surface area contributed by atoms with Crippen molar-refractivity contribution < 1.29 is 13.2 Å². The number of sulfonamides is 1. The maximum atomic E-state index is 13.0. The van der Waals surface area contributed by atoms with Gasteiger partial charge in [0.25, 0.3) is 0 Å². The van der Waals surface area contributed by atoms with Gasteiger partial charge in [0.15, 0.2) is 0 Å². The minimum absolute atomic E-state index is 0. The zero-order valence-electron chi connectivity index (χ0n) is 16.0. The van der Waals surface area contributed by atoms with Gasteiger partial charge in [-0.1, -0.05) is 17.7 Å². The fourth-order valence-corrected chi connectivity index (χ4v) is 5.40. The highest BCUT2D eigenvalue weighted by Crippen LogP contribution is 2.28.